The molecule has 0 amide bonds. The third-order valence-corrected chi connectivity index (χ3v) is 8.93. The maximum absolute atomic E-state index is 15.2. The SMILES string of the molecule is CCCO[C@@H]1CCC[C@@]2(S(=O)(=O)c3ccc(Cl)cc3)c3c(F)ccc(F)c3OC[C@@H]12. The Morgan fingerprint density at radius 2 is 1.87 bits per heavy atom. The molecule has 162 valence electrons. The lowest BCUT2D eigenvalue weighted by Gasteiger charge is -2.50. The average Bonchev–Trinajstić information content (AvgIpc) is 2.74. The molecule has 2 aromatic rings. The lowest BCUT2D eigenvalue weighted by atomic mass is 9.71. The van der Waals surface area contributed by atoms with E-state index in [4.69, 9.17) is 21.1 Å². The zero-order valence-corrected chi connectivity index (χ0v) is 18.1. The van der Waals surface area contributed by atoms with Crippen molar-refractivity contribution in [2.75, 3.05) is 13.2 Å². The van der Waals surface area contributed by atoms with Crippen molar-refractivity contribution in [3.8, 4) is 5.75 Å². The molecule has 1 heterocycles. The van der Waals surface area contributed by atoms with E-state index in [2.05, 4.69) is 0 Å². The highest BCUT2D eigenvalue weighted by Crippen LogP contribution is 2.57. The fourth-order valence-corrected chi connectivity index (χ4v) is 7.34. The van der Waals surface area contributed by atoms with Gasteiger partial charge in [-0.15, -0.1) is 0 Å². The number of benzene rings is 2. The molecule has 8 heteroatoms. The summed E-state index contributed by atoms with van der Waals surface area (Å²) in [7, 11) is -4.14. The molecular weight excluding hydrogens is 434 g/mol. The fraction of sp³-hybridized carbons (Fsp3) is 0.455. The molecule has 1 saturated carbocycles. The van der Waals surface area contributed by atoms with Crippen molar-refractivity contribution < 1.29 is 26.7 Å². The van der Waals surface area contributed by atoms with Crippen LogP contribution in [-0.4, -0.2) is 27.7 Å². The summed E-state index contributed by atoms with van der Waals surface area (Å²) in [5, 5.41) is 0.389. The summed E-state index contributed by atoms with van der Waals surface area (Å²) in [4.78, 5) is 0.0181. The summed E-state index contributed by atoms with van der Waals surface area (Å²) in [6.07, 6.45) is 1.63. The van der Waals surface area contributed by atoms with Crippen LogP contribution < -0.4 is 4.74 Å². The third-order valence-electron chi connectivity index (χ3n) is 6.11. The Bertz CT molecular complexity index is 1040. The molecule has 30 heavy (non-hydrogen) atoms. The summed E-state index contributed by atoms with van der Waals surface area (Å²) in [6.45, 7) is 2.35. The van der Waals surface area contributed by atoms with E-state index in [1.165, 1.54) is 24.3 Å². The number of sulfone groups is 1. The number of fused-ring (bicyclic) bond motifs is 3. The largest absolute Gasteiger partial charge is 0.490 e. The van der Waals surface area contributed by atoms with Crippen molar-refractivity contribution >= 4 is 21.4 Å². The molecule has 1 aliphatic heterocycles. The van der Waals surface area contributed by atoms with Crippen LogP contribution in [0.5, 0.6) is 5.75 Å². The van der Waals surface area contributed by atoms with E-state index in [1.54, 1.807) is 0 Å². The molecular formula is C22H23ClF2O4S. The van der Waals surface area contributed by atoms with Gasteiger partial charge in [0.2, 0.25) is 0 Å². The number of hydrogen-bond donors (Lipinski definition) is 0. The monoisotopic (exact) mass is 456 g/mol. The minimum atomic E-state index is -4.14. The van der Waals surface area contributed by atoms with Gasteiger partial charge in [-0.2, -0.15) is 0 Å². The number of halogens is 3. The maximum atomic E-state index is 15.2. The van der Waals surface area contributed by atoms with E-state index in [0.717, 1.165) is 18.6 Å². The summed E-state index contributed by atoms with van der Waals surface area (Å²) < 4.78 is 67.8. The zero-order valence-electron chi connectivity index (χ0n) is 16.5. The topological polar surface area (TPSA) is 52.6 Å². The van der Waals surface area contributed by atoms with E-state index in [-0.39, 0.29) is 29.2 Å². The first kappa shape index (κ1) is 21.5. The van der Waals surface area contributed by atoms with Gasteiger partial charge in [0, 0.05) is 17.5 Å². The molecule has 0 N–H and O–H groups in total. The van der Waals surface area contributed by atoms with Gasteiger partial charge in [0.1, 0.15) is 10.6 Å². The minimum absolute atomic E-state index is 0.0181. The predicted molar refractivity (Wildman–Crippen MR) is 110 cm³/mol. The van der Waals surface area contributed by atoms with E-state index < -0.39 is 38.2 Å². The molecule has 0 radical (unpaired) electrons. The normalized spacial score (nSPS) is 25.9. The van der Waals surface area contributed by atoms with Gasteiger partial charge >= 0.3 is 0 Å². The molecule has 0 unspecified atom stereocenters. The van der Waals surface area contributed by atoms with Gasteiger partial charge < -0.3 is 9.47 Å². The highest BCUT2D eigenvalue weighted by Gasteiger charge is 2.61. The molecule has 0 spiro atoms. The lowest BCUT2D eigenvalue weighted by molar-refractivity contribution is -0.0510. The van der Waals surface area contributed by atoms with Crippen molar-refractivity contribution in [3.05, 3.63) is 58.6 Å². The molecule has 1 fully saturated rings. The van der Waals surface area contributed by atoms with Crippen molar-refractivity contribution in [2.24, 2.45) is 5.92 Å². The number of ether oxygens (including phenoxy) is 2. The molecule has 4 rings (SSSR count). The van der Waals surface area contributed by atoms with Gasteiger partial charge in [-0.05, 0) is 62.1 Å². The summed E-state index contributed by atoms with van der Waals surface area (Å²) in [5.74, 6) is -2.54. The standard InChI is InChI=1S/C22H23ClF2O4S/c1-2-12-28-19-4-3-11-22(30(26,27)15-7-5-14(23)6-8-15)16(19)13-29-21-18(25)10-9-17(24)20(21)22/h5-10,16,19H,2-4,11-13H2,1H3/t16-,19+,22-/m0/s1. The van der Waals surface area contributed by atoms with Crippen LogP contribution >= 0.6 is 11.6 Å². The van der Waals surface area contributed by atoms with Gasteiger partial charge in [-0.1, -0.05) is 18.5 Å². The van der Waals surface area contributed by atoms with Crippen LogP contribution in [0.25, 0.3) is 0 Å². The van der Waals surface area contributed by atoms with Gasteiger partial charge in [-0.25, -0.2) is 17.2 Å². The quantitative estimate of drug-likeness (QED) is 0.614. The molecule has 2 aliphatic rings. The highest BCUT2D eigenvalue weighted by molar-refractivity contribution is 7.92. The Morgan fingerprint density at radius 3 is 2.57 bits per heavy atom. The van der Waals surface area contributed by atoms with Crippen LogP contribution in [0.15, 0.2) is 41.3 Å². The van der Waals surface area contributed by atoms with Crippen LogP contribution in [0, 0.1) is 17.6 Å². The number of rotatable bonds is 5. The van der Waals surface area contributed by atoms with E-state index in [1.807, 2.05) is 6.92 Å². The highest BCUT2D eigenvalue weighted by atomic mass is 35.5. The maximum Gasteiger partial charge on any atom is 0.188 e. The van der Waals surface area contributed by atoms with E-state index in [0.29, 0.717) is 24.5 Å². The van der Waals surface area contributed by atoms with Crippen molar-refractivity contribution in [2.45, 2.75) is 48.4 Å². The third kappa shape index (κ3) is 3.22. The molecule has 0 saturated heterocycles. The molecule has 1 aliphatic carbocycles. The van der Waals surface area contributed by atoms with Crippen molar-refractivity contribution in [3.63, 3.8) is 0 Å². The minimum Gasteiger partial charge on any atom is -0.490 e. The zero-order chi connectivity index (χ0) is 21.5. The first-order valence-corrected chi connectivity index (χ1v) is 11.9. The van der Waals surface area contributed by atoms with Crippen LogP contribution in [0.3, 0.4) is 0 Å². The molecule has 4 nitrogen and oxygen atoms in total. The lowest BCUT2D eigenvalue weighted by Crippen LogP contribution is -2.56. The Balaban J connectivity index is 1.97. The molecule has 3 atom stereocenters. The fourth-order valence-electron chi connectivity index (χ4n) is 4.81. The first-order valence-electron chi connectivity index (χ1n) is 10.1. The Kier molecular flexibility index (Phi) is 5.81. The molecule has 0 bridgehead atoms. The van der Waals surface area contributed by atoms with E-state index >= 15 is 4.39 Å². The second kappa shape index (κ2) is 8.09. The van der Waals surface area contributed by atoms with Gasteiger partial charge in [0.25, 0.3) is 0 Å². The van der Waals surface area contributed by atoms with Crippen LogP contribution in [-0.2, 0) is 19.3 Å². The van der Waals surface area contributed by atoms with Crippen LogP contribution in [0.4, 0.5) is 8.78 Å². The summed E-state index contributed by atoms with van der Waals surface area (Å²) in [6, 6.07) is 7.71. The Labute approximate surface area is 180 Å². The first-order chi connectivity index (χ1) is 14.3. The van der Waals surface area contributed by atoms with Crippen molar-refractivity contribution in [1.29, 1.82) is 0 Å². The van der Waals surface area contributed by atoms with E-state index in [9.17, 15) is 12.8 Å². The summed E-state index contributed by atoms with van der Waals surface area (Å²) in [5.41, 5.74) is -0.224. The van der Waals surface area contributed by atoms with Gasteiger partial charge in [0.05, 0.1) is 23.2 Å². The predicted octanol–water partition coefficient (Wildman–Crippen LogP) is 5.28. The van der Waals surface area contributed by atoms with Gasteiger partial charge in [-0.3, -0.25) is 0 Å². The Hall–Kier alpha value is -1.70. The van der Waals surface area contributed by atoms with Crippen LogP contribution in [0.2, 0.25) is 5.02 Å². The second-order valence-electron chi connectivity index (χ2n) is 7.80. The second-order valence-corrected chi connectivity index (χ2v) is 10.4. The summed E-state index contributed by atoms with van der Waals surface area (Å²) >= 11 is 5.95. The molecule has 2 aromatic carbocycles. The average molecular weight is 457 g/mol. The van der Waals surface area contributed by atoms with Crippen LogP contribution in [0.1, 0.15) is 38.2 Å². The van der Waals surface area contributed by atoms with Gasteiger partial charge in [0.15, 0.2) is 21.4 Å². The Morgan fingerprint density at radius 1 is 1.17 bits per heavy atom. The smallest absolute Gasteiger partial charge is 0.188 e. The number of hydrogen-bond acceptors (Lipinski definition) is 4. The van der Waals surface area contributed by atoms with Crippen molar-refractivity contribution in [1.82, 2.24) is 0 Å². The molecule has 0 aromatic heterocycles.